The van der Waals surface area contributed by atoms with Crippen LogP contribution in [0.4, 0.5) is 0 Å². The van der Waals surface area contributed by atoms with E-state index in [-0.39, 0.29) is 11.7 Å². The molecule has 1 N–H and O–H groups in total. The molecule has 0 atom stereocenters. The van der Waals surface area contributed by atoms with Crippen LogP contribution in [-0.2, 0) is 0 Å². The number of aryl methyl sites for hydroxylation is 2. The minimum atomic E-state index is 0.206. The summed E-state index contributed by atoms with van der Waals surface area (Å²) in [7, 11) is 0. The van der Waals surface area contributed by atoms with E-state index in [1.807, 2.05) is 25.1 Å². The lowest BCUT2D eigenvalue weighted by atomic mass is 9.91. The molecular formula is C12H15NO. The average Bonchev–Trinajstić information content (AvgIpc) is 2.06. The third-order valence-corrected chi connectivity index (χ3v) is 2.94. The molecule has 0 bridgehead atoms. The summed E-state index contributed by atoms with van der Waals surface area (Å²) in [4.78, 5) is 11.9. The van der Waals surface area contributed by atoms with Crippen molar-refractivity contribution < 1.29 is 4.79 Å². The Morgan fingerprint density at radius 3 is 2.50 bits per heavy atom. The van der Waals surface area contributed by atoms with E-state index in [1.165, 1.54) is 11.1 Å². The van der Waals surface area contributed by atoms with Gasteiger partial charge in [0.15, 0.2) is 5.78 Å². The number of carbonyl (C=O) groups is 1. The number of Topliss-reactive ketones (excluding diaryl/α,β-unsaturated/α-hetero) is 1. The predicted octanol–water partition coefficient (Wildman–Crippen LogP) is 1.71. The Hall–Kier alpha value is -1.15. The van der Waals surface area contributed by atoms with E-state index in [0.29, 0.717) is 0 Å². The Labute approximate surface area is 84.3 Å². The summed E-state index contributed by atoms with van der Waals surface area (Å²) in [6.45, 7) is 5.79. The second-order valence-electron chi connectivity index (χ2n) is 4.02. The molecule has 2 heteroatoms. The zero-order valence-corrected chi connectivity index (χ0v) is 8.63. The number of carbonyl (C=O) groups excluding carboxylic acids is 1. The van der Waals surface area contributed by atoms with E-state index in [4.69, 9.17) is 0 Å². The van der Waals surface area contributed by atoms with Gasteiger partial charge in [0.2, 0.25) is 0 Å². The quantitative estimate of drug-likeness (QED) is 0.717. The lowest BCUT2D eigenvalue weighted by Gasteiger charge is -2.25. The molecule has 14 heavy (non-hydrogen) atoms. The van der Waals surface area contributed by atoms with E-state index in [2.05, 4.69) is 12.2 Å². The summed E-state index contributed by atoms with van der Waals surface area (Å²) in [5, 5.41) is 3.12. The van der Waals surface area contributed by atoms with Crippen molar-refractivity contribution in [3.63, 3.8) is 0 Å². The highest BCUT2D eigenvalue weighted by atomic mass is 16.1. The molecule has 1 aliphatic rings. The Morgan fingerprint density at radius 1 is 1.29 bits per heavy atom. The van der Waals surface area contributed by atoms with Gasteiger partial charge in [-0.25, -0.2) is 0 Å². The summed E-state index contributed by atoms with van der Waals surface area (Å²) < 4.78 is 0. The number of benzene rings is 1. The molecule has 0 spiro atoms. The van der Waals surface area contributed by atoms with E-state index < -0.39 is 0 Å². The summed E-state index contributed by atoms with van der Waals surface area (Å²) in [6, 6.07) is 5.95. The highest BCUT2D eigenvalue weighted by Crippen LogP contribution is 2.16. The standard InChI is InChI=1S/C12H15NO/c1-8-3-4-10(5-9(8)2)12(14)11-6-13-7-11/h3-5,11,13H,6-7H2,1-2H3. The molecule has 2 rings (SSSR count). The van der Waals surface area contributed by atoms with Crippen LogP contribution < -0.4 is 5.32 Å². The van der Waals surface area contributed by atoms with Crippen molar-refractivity contribution in [3.8, 4) is 0 Å². The molecule has 1 aromatic carbocycles. The second kappa shape index (κ2) is 3.54. The highest BCUT2D eigenvalue weighted by Gasteiger charge is 2.25. The highest BCUT2D eigenvalue weighted by molar-refractivity contribution is 5.98. The Morgan fingerprint density at radius 2 is 2.00 bits per heavy atom. The normalized spacial score (nSPS) is 16.4. The van der Waals surface area contributed by atoms with Crippen LogP contribution in [0, 0.1) is 19.8 Å². The summed E-state index contributed by atoms with van der Waals surface area (Å²) >= 11 is 0. The molecule has 0 amide bonds. The van der Waals surface area contributed by atoms with Gasteiger partial charge >= 0.3 is 0 Å². The lowest BCUT2D eigenvalue weighted by molar-refractivity contribution is 0.0878. The molecule has 0 radical (unpaired) electrons. The van der Waals surface area contributed by atoms with Crippen LogP contribution in [0.1, 0.15) is 21.5 Å². The minimum absolute atomic E-state index is 0.206. The van der Waals surface area contributed by atoms with Gasteiger partial charge in [-0.2, -0.15) is 0 Å². The van der Waals surface area contributed by atoms with Crippen LogP contribution in [0.2, 0.25) is 0 Å². The van der Waals surface area contributed by atoms with Crippen LogP contribution in [0.5, 0.6) is 0 Å². The number of rotatable bonds is 2. The maximum atomic E-state index is 11.9. The third-order valence-electron chi connectivity index (χ3n) is 2.94. The Balaban J connectivity index is 2.23. The zero-order chi connectivity index (χ0) is 10.1. The van der Waals surface area contributed by atoms with Crippen molar-refractivity contribution in [2.45, 2.75) is 13.8 Å². The summed E-state index contributed by atoms with van der Waals surface area (Å²) in [6.07, 6.45) is 0. The molecule has 0 aromatic heterocycles. The topological polar surface area (TPSA) is 29.1 Å². The van der Waals surface area contributed by atoms with Crippen molar-refractivity contribution in [2.24, 2.45) is 5.92 Å². The second-order valence-corrected chi connectivity index (χ2v) is 4.02. The first-order valence-corrected chi connectivity index (χ1v) is 5.00. The van der Waals surface area contributed by atoms with Gasteiger partial charge in [-0.3, -0.25) is 4.79 Å². The maximum Gasteiger partial charge on any atom is 0.168 e. The van der Waals surface area contributed by atoms with Gasteiger partial charge in [-0.05, 0) is 31.0 Å². The summed E-state index contributed by atoms with van der Waals surface area (Å²) in [5.74, 6) is 0.490. The summed E-state index contributed by atoms with van der Waals surface area (Å²) in [5.41, 5.74) is 3.30. The molecule has 0 aliphatic carbocycles. The van der Waals surface area contributed by atoms with Gasteiger partial charge in [0.1, 0.15) is 0 Å². The molecule has 1 fully saturated rings. The van der Waals surface area contributed by atoms with Gasteiger partial charge in [-0.1, -0.05) is 12.1 Å². The van der Waals surface area contributed by atoms with Crippen molar-refractivity contribution in [1.82, 2.24) is 5.32 Å². The largest absolute Gasteiger partial charge is 0.315 e. The van der Waals surface area contributed by atoms with Crippen LogP contribution >= 0.6 is 0 Å². The fraction of sp³-hybridized carbons (Fsp3) is 0.417. The lowest BCUT2D eigenvalue weighted by Crippen LogP contribution is -2.46. The van der Waals surface area contributed by atoms with Gasteiger partial charge in [0.25, 0.3) is 0 Å². The molecule has 1 aromatic rings. The molecule has 0 unspecified atom stereocenters. The van der Waals surface area contributed by atoms with Crippen molar-refractivity contribution in [2.75, 3.05) is 13.1 Å². The number of nitrogens with one attached hydrogen (secondary N) is 1. The Kier molecular flexibility index (Phi) is 2.38. The van der Waals surface area contributed by atoms with Crippen LogP contribution in [0.15, 0.2) is 18.2 Å². The van der Waals surface area contributed by atoms with Gasteiger partial charge < -0.3 is 5.32 Å². The van der Waals surface area contributed by atoms with E-state index in [9.17, 15) is 4.79 Å². The van der Waals surface area contributed by atoms with Gasteiger partial charge in [0.05, 0.1) is 0 Å². The van der Waals surface area contributed by atoms with E-state index in [0.717, 1.165) is 18.7 Å². The number of ketones is 1. The van der Waals surface area contributed by atoms with E-state index in [1.54, 1.807) is 0 Å². The first-order valence-electron chi connectivity index (χ1n) is 5.00. The zero-order valence-electron chi connectivity index (χ0n) is 8.63. The van der Waals surface area contributed by atoms with Crippen molar-refractivity contribution in [1.29, 1.82) is 0 Å². The number of hydrogen-bond acceptors (Lipinski definition) is 2. The Bertz CT molecular complexity index is 367. The molecule has 0 saturated carbocycles. The first kappa shape index (κ1) is 9.41. The van der Waals surface area contributed by atoms with Crippen LogP contribution in [-0.4, -0.2) is 18.9 Å². The van der Waals surface area contributed by atoms with Gasteiger partial charge in [0, 0.05) is 24.6 Å². The molecular weight excluding hydrogens is 174 g/mol. The fourth-order valence-corrected chi connectivity index (χ4v) is 1.60. The van der Waals surface area contributed by atoms with Crippen LogP contribution in [0.3, 0.4) is 0 Å². The number of hydrogen-bond donors (Lipinski definition) is 1. The fourth-order valence-electron chi connectivity index (χ4n) is 1.60. The minimum Gasteiger partial charge on any atom is -0.315 e. The molecule has 1 saturated heterocycles. The molecule has 1 heterocycles. The van der Waals surface area contributed by atoms with Crippen molar-refractivity contribution >= 4 is 5.78 Å². The maximum absolute atomic E-state index is 11.9. The smallest absolute Gasteiger partial charge is 0.168 e. The van der Waals surface area contributed by atoms with Gasteiger partial charge in [-0.15, -0.1) is 0 Å². The van der Waals surface area contributed by atoms with Crippen LogP contribution in [0.25, 0.3) is 0 Å². The monoisotopic (exact) mass is 189 g/mol. The first-order chi connectivity index (χ1) is 6.68. The predicted molar refractivity (Wildman–Crippen MR) is 56.6 cm³/mol. The SMILES string of the molecule is Cc1ccc(C(=O)C2CNC2)cc1C. The molecule has 2 nitrogen and oxygen atoms in total. The average molecular weight is 189 g/mol. The van der Waals surface area contributed by atoms with E-state index >= 15 is 0 Å². The third kappa shape index (κ3) is 1.58. The van der Waals surface area contributed by atoms with Crippen molar-refractivity contribution in [3.05, 3.63) is 34.9 Å². The molecule has 1 aliphatic heterocycles. The molecule has 74 valence electrons.